The first-order valence-corrected chi connectivity index (χ1v) is 5.99. The third kappa shape index (κ3) is 1.28. The summed E-state index contributed by atoms with van der Waals surface area (Å²) in [5.74, 6) is 1.19. The van der Waals surface area contributed by atoms with E-state index in [0.717, 1.165) is 18.7 Å². The zero-order chi connectivity index (χ0) is 10.4. The average molecular weight is 219 g/mol. The zero-order valence-corrected chi connectivity index (χ0v) is 9.69. The van der Waals surface area contributed by atoms with Gasteiger partial charge in [-0.15, -0.1) is 11.3 Å². The fourth-order valence-electron chi connectivity index (χ4n) is 2.09. The van der Waals surface area contributed by atoms with Crippen molar-refractivity contribution in [1.29, 1.82) is 0 Å². The summed E-state index contributed by atoms with van der Waals surface area (Å²) in [5, 5.41) is 10.1. The van der Waals surface area contributed by atoms with Crippen molar-refractivity contribution in [3.05, 3.63) is 22.6 Å². The van der Waals surface area contributed by atoms with Crippen molar-refractivity contribution in [1.82, 2.24) is 9.78 Å². The summed E-state index contributed by atoms with van der Waals surface area (Å²) in [7, 11) is 2.00. The van der Waals surface area contributed by atoms with Crippen molar-refractivity contribution in [2.45, 2.75) is 13.3 Å². The minimum atomic E-state index is 1.04. The lowest BCUT2D eigenvalue weighted by Gasteiger charge is -1.96. The van der Waals surface area contributed by atoms with Crippen LogP contribution in [0.15, 0.2) is 11.4 Å². The highest BCUT2D eigenvalue weighted by Gasteiger charge is 2.21. The molecule has 0 aromatic carbocycles. The van der Waals surface area contributed by atoms with Gasteiger partial charge in [-0.3, -0.25) is 4.68 Å². The van der Waals surface area contributed by atoms with Crippen molar-refractivity contribution in [3.63, 3.8) is 0 Å². The largest absolute Gasteiger partial charge is 0.370 e. The Morgan fingerprint density at radius 1 is 1.53 bits per heavy atom. The molecule has 3 rings (SSSR count). The van der Waals surface area contributed by atoms with E-state index in [1.165, 1.54) is 21.8 Å². The number of thiophene rings is 1. The lowest BCUT2D eigenvalue weighted by molar-refractivity contribution is 0.776. The molecule has 15 heavy (non-hydrogen) atoms. The number of hydrogen-bond acceptors (Lipinski definition) is 3. The Morgan fingerprint density at radius 3 is 3.13 bits per heavy atom. The Morgan fingerprint density at radius 2 is 2.40 bits per heavy atom. The molecule has 0 bridgehead atoms. The molecule has 0 aliphatic carbocycles. The summed E-state index contributed by atoms with van der Waals surface area (Å²) in [4.78, 5) is 1.29. The molecule has 3 nitrogen and oxygen atoms in total. The normalized spacial score (nSPS) is 14.0. The Bertz CT molecular complexity index is 510. The molecular weight excluding hydrogens is 206 g/mol. The molecular formula is C11H13N3S. The van der Waals surface area contributed by atoms with Crippen LogP contribution in [0.2, 0.25) is 0 Å². The highest BCUT2D eigenvalue weighted by molar-refractivity contribution is 7.13. The molecule has 0 spiro atoms. The maximum absolute atomic E-state index is 4.58. The van der Waals surface area contributed by atoms with Gasteiger partial charge in [0.25, 0.3) is 0 Å². The Kier molecular flexibility index (Phi) is 1.85. The molecule has 1 aliphatic heterocycles. The van der Waals surface area contributed by atoms with Gasteiger partial charge in [-0.1, -0.05) is 0 Å². The number of aromatic nitrogens is 2. The molecule has 2 aromatic heterocycles. The highest BCUT2D eigenvalue weighted by atomic mass is 32.1. The average Bonchev–Trinajstić information content (AvgIpc) is 2.84. The van der Waals surface area contributed by atoms with Crippen molar-refractivity contribution in [3.8, 4) is 10.6 Å². The number of rotatable bonds is 1. The molecule has 3 heterocycles. The van der Waals surface area contributed by atoms with Crippen LogP contribution in [-0.4, -0.2) is 16.3 Å². The van der Waals surface area contributed by atoms with Gasteiger partial charge in [0, 0.05) is 19.2 Å². The first-order valence-electron chi connectivity index (χ1n) is 5.11. The number of nitrogens with one attached hydrogen (secondary N) is 1. The van der Waals surface area contributed by atoms with E-state index in [1.807, 2.05) is 11.7 Å². The van der Waals surface area contributed by atoms with Crippen LogP contribution in [0.3, 0.4) is 0 Å². The lowest BCUT2D eigenvalue weighted by Crippen LogP contribution is -2.01. The quantitative estimate of drug-likeness (QED) is 0.798. The van der Waals surface area contributed by atoms with Crippen LogP contribution in [0.25, 0.3) is 10.6 Å². The predicted molar refractivity (Wildman–Crippen MR) is 63.5 cm³/mol. The van der Waals surface area contributed by atoms with Gasteiger partial charge in [-0.25, -0.2) is 0 Å². The van der Waals surface area contributed by atoms with E-state index < -0.39 is 0 Å². The summed E-state index contributed by atoms with van der Waals surface area (Å²) >= 11 is 1.78. The van der Waals surface area contributed by atoms with E-state index in [2.05, 4.69) is 28.8 Å². The molecule has 0 radical (unpaired) electrons. The van der Waals surface area contributed by atoms with E-state index in [1.54, 1.807) is 11.3 Å². The monoisotopic (exact) mass is 219 g/mol. The first-order chi connectivity index (χ1) is 7.25. The van der Waals surface area contributed by atoms with Gasteiger partial charge in [0.2, 0.25) is 0 Å². The topological polar surface area (TPSA) is 29.9 Å². The fraction of sp³-hybridized carbons (Fsp3) is 0.364. The second-order valence-electron chi connectivity index (χ2n) is 3.96. The van der Waals surface area contributed by atoms with Crippen LogP contribution in [0.1, 0.15) is 11.1 Å². The minimum absolute atomic E-state index is 1.04. The van der Waals surface area contributed by atoms with Gasteiger partial charge >= 0.3 is 0 Å². The van der Waals surface area contributed by atoms with Gasteiger partial charge < -0.3 is 5.32 Å². The van der Waals surface area contributed by atoms with Gasteiger partial charge in [-0.2, -0.15) is 5.10 Å². The second-order valence-corrected chi connectivity index (χ2v) is 4.88. The van der Waals surface area contributed by atoms with Crippen LogP contribution in [0.4, 0.5) is 5.82 Å². The molecule has 0 unspecified atom stereocenters. The molecule has 1 aliphatic rings. The fourth-order valence-corrected chi connectivity index (χ4v) is 3.00. The van der Waals surface area contributed by atoms with Crippen LogP contribution in [0, 0.1) is 6.92 Å². The van der Waals surface area contributed by atoms with Crippen LogP contribution in [0.5, 0.6) is 0 Å². The Hall–Kier alpha value is -1.29. The highest BCUT2D eigenvalue weighted by Crippen LogP contribution is 2.35. The van der Waals surface area contributed by atoms with Crippen LogP contribution in [-0.2, 0) is 13.5 Å². The molecule has 0 amide bonds. The molecule has 2 aromatic rings. The van der Waals surface area contributed by atoms with Gasteiger partial charge in [-0.05, 0) is 30.4 Å². The van der Waals surface area contributed by atoms with E-state index >= 15 is 0 Å². The van der Waals surface area contributed by atoms with Gasteiger partial charge in [0.05, 0.1) is 4.88 Å². The van der Waals surface area contributed by atoms with E-state index in [9.17, 15) is 0 Å². The maximum atomic E-state index is 4.58. The summed E-state index contributed by atoms with van der Waals surface area (Å²) in [6.45, 7) is 3.17. The number of fused-ring (bicyclic) bond motifs is 1. The van der Waals surface area contributed by atoms with E-state index in [0.29, 0.717) is 0 Å². The summed E-state index contributed by atoms with van der Waals surface area (Å²) < 4.78 is 1.95. The third-order valence-corrected chi connectivity index (χ3v) is 3.83. The third-order valence-electron chi connectivity index (χ3n) is 2.78. The molecule has 4 heteroatoms. The van der Waals surface area contributed by atoms with Crippen molar-refractivity contribution < 1.29 is 0 Å². The molecule has 0 saturated heterocycles. The zero-order valence-electron chi connectivity index (χ0n) is 8.87. The molecule has 0 fully saturated rings. The molecule has 0 atom stereocenters. The van der Waals surface area contributed by atoms with Crippen molar-refractivity contribution >= 4 is 17.2 Å². The molecule has 0 saturated carbocycles. The van der Waals surface area contributed by atoms with Crippen LogP contribution < -0.4 is 5.32 Å². The van der Waals surface area contributed by atoms with Crippen LogP contribution >= 0.6 is 11.3 Å². The number of nitrogens with zero attached hydrogens (tertiary/aromatic N) is 2. The SMILES string of the molecule is Cc1csc(-c2nn(C)c3c2CCN3)c1. The standard InChI is InChI=1S/C11H13N3S/c1-7-5-9(15-6-7)10-8-3-4-12-11(8)14(2)13-10/h5-6,12H,3-4H2,1-2H3. The maximum Gasteiger partial charge on any atom is 0.127 e. The number of anilines is 1. The second kappa shape index (κ2) is 3.10. The van der Waals surface area contributed by atoms with E-state index in [-0.39, 0.29) is 0 Å². The predicted octanol–water partition coefficient (Wildman–Crippen LogP) is 2.43. The lowest BCUT2D eigenvalue weighted by atomic mass is 10.1. The first kappa shape index (κ1) is 8.97. The Labute approximate surface area is 92.7 Å². The minimum Gasteiger partial charge on any atom is -0.370 e. The smallest absolute Gasteiger partial charge is 0.127 e. The van der Waals surface area contributed by atoms with Gasteiger partial charge in [0.1, 0.15) is 11.5 Å². The van der Waals surface area contributed by atoms with Gasteiger partial charge in [0.15, 0.2) is 0 Å². The van der Waals surface area contributed by atoms with Crippen molar-refractivity contribution in [2.24, 2.45) is 7.05 Å². The van der Waals surface area contributed by atoms with E-state index in [4.69, 9.17) is 0 Å². The Balaban J connectivity index is 2.17. The summed E-state index contributed by atoms with van der Waals surface area (Å²) in [6, 6.07) is 2.21. The molecule has 78 valence electrons. The number of aryl methyl sites for hydroxylation is 2. The molecule has 1 N–H and O–H groups in total. The summed E-state index contributed by atoms with van der Waals surface area (Å²) in [6.07, 6.45) is 1.09. The summed E-state index contributed by atoms with van der Waals surface area (Å²) in [5.41, 5.74) is 3.86. The number of hydrogen-bond donors (Lipinski definition) is 1. The van der Waals surface area contributed by atoms with Crippen molar-refractivity contribution in [2.75, 3.05) is 11.9 Å².